The minimum Gasteiger partial charge on any atom is -0.392 e. The molecule has 34 heavy (non-hydrogen) atoms. The second-order valence-corrected chi connectivity index (χ2v) is 9.10. The summed E-state index contributed by atoms with van der Waals surface area (Å²) in [6, 6.07) is 4.19. The van der Waals surface area contributed by atoms with Gasteiger partial charge in [-0.2, -0.15) is 14.5 Å². The standard InChI is InChI=1S/C23H25FN8O2/c24-19-7-6-12(11-25-19)26-22(34)17-5-2-8-32(17)23-27-15-4-1-3-13(15)21(29-23)28-20-10-16(30-31-20)14-9-18(14)33/h6-7,10-11,14,17-18,33H,1-5,8-9H2,(H,26,34)(H2,27,28,29,30,31)/t14?,17?,18-/m1/s1. The van der Waals surface area contributed by atoms with E-state index in [1.165, 1.54) is 18.3 Å². The van der Waals surface area contributed by atoms with Gasteiger partial charge in [-0.1, -0.05) is 0 Å². The van der Waals surface area contributed by atoms with Crippen LogP contribution >= 0.6 is 0 Å². The molecule has 3 aromatic heterocycles. The number of rotatable bonds is 6. The van der Waals surface area contributed by atoms with Crippen LogP contribution < -0.4 is 15.5 Å². The number of nitrogens with one attached hydrogen (secondary N) is 3. The van der Waals surface area contributed by atoms with Gasteiger partial charge >= 0.3 is 0 Å². The average Bonchev–Trinajstić information content (AvgIpc) is 3.29. The molecule has 10 nitrogen and oxygen atoms in total. The van der Waals surface area contributed by atoms with Crippen LogP contribution in [0.25, 0.3) is 0 Å². The fourth-order valence-corrected chi connectivity index (χ4v) is 4.83. The van der Waals surface area contributed by atoms with Crippen molar-refractivity contribution in [1.29, 1.82) is 0 Å². The zero-order valence-corrected chi connectivity index (χ0v) is 18.5. The van der Waals surface area contributed by atoms with E-state index in [0.29, 0.717) is 36.2 Å². The Morgan fingerprint density at radius 2 is 2.12 bits per heavy atom. The second kappa shape index (κ2) is 8.32. The Morgan fingerprint density at radius 1 is 1.24 bits per heavy atom. The van der Waals surface area contributed by atoms with E-state index in [2.05, 4.69) is 25.8 Å². The minimum atomic E-state index is -0.593. The van der Waals surface area contributed by atoms with Crippen molar-refractivity contribution in [1.82, 2.24) is 25.1 Å². The van der Waals surface area contributed by atoms with Crippen LogP contribution in [0.15, 0.2) is 24.4 Å². The molecule has 0 radical (unpaired) electrons. The van der Waals surface area contributed by atoms with Crippen molar-refractivity contribution in [2.45, 2.75) is 56.6 Å². The lowest BCUT2D eigenvalue weighted by atomic mass is 10.2. The predicted octanol–water partition coefficient (Wildman–Crippen LogP) is 2.42. The van der Waals surface area contributed by atoms with Crippen LogP contribution in [-0.4, -0.2) is 54.9 Å². The molecule has 2 unspecified atom stereocenters. The number of aliphatic hydroxyl groups excluding tert-OH is 1. The molecule has 1 aliphatic heterocycles. The fourth-order valence-electron chi connectivity index (χ4n) is 4.83. The number of H-pyrrole nitrogens is 1. The predicted molar refractivity (Wildman–Crippen MR) is 122 cm³/mol. The summed E-state index contributed by atoms with van der Waals surface area (Å²) in [4.78, 5) is 28.2. The van der Waals surface area contributed by atoms with Gasteiger partial charge in [0.2, 0.25) is 17.8 Å². The Morgan fingerprint density at radius 3 is 2.91 bits per heavy atom. The summed E-state index contributed by atoms with van der Waals surface area (Å²) in [5.41, 5.74) is 3.44. The molecular formula is C23H25FN8O2. The molecule has 1 saturated heterocycles. The number of aromatic amines is 1. The normalized spacial score (nSPS) is 23.1. The van der Waals surface area contributed by atoms with Gasteiger partial charge in [0.25, 0.3) is 0 Å². The summed E-state index contributed by atoms with van der Waals surface area (Å²) >= 11 is 0. The SMILES string of the molecule is O=C(Nc1ccc(F)nc1)C1CCCN1c1nc2c(c(Nc3cc(C4C[C@H]4O)[nH]n3)n1)CCC2. The number of nitrogens with zero attached hydrogens (tertiary/aromatic N) is 5. The van der Waals surface area contributed by atoms with Crippen LogP contribution in [-0.2, 0) is 17.6 Å². The maximum atomic E-state index is 13.1. The summed E-state index contributed by atoms with van der Waals surface area (Å²) in [5.74, 6) is 1.21. The molecule has 4 heterocycles. The molecule has 0 aromatic carbocycles. The largest absolute Gasteiger partial charge is 0.392 e. The number of aliphatic hydroxyl groups is 1. The first-order valence-electron chi connectivity index (χ1n) is 11.6. The van der Waals surface area contributed by atoms with E-state index in [4.69, 9.17) is 9.97 Å². The second-order valence-electron chi connectivity index (χ2n) is 9.10. The van der Waals surface area contributed by atoms with Crippen LogP contribution in [0.5, 0.6) is 0 Å². The third-order valence-electron chi connectivity index (χ3n) is 6.73. The number of amides is 1. The van der Waals surface area contributed by atoms with Gasteiger partial charge in [-0.25, -0.2) is 9.97 Å². The maximum absolute atomic E-state index is 13.1. The van der Waals surface area contributed by atoms with E-state index in [0.717, 1.165) is 49.1 Å². The molecule has 3 aromatic rings. The number of pyridine rings is 1. The molecule has 3 atom stereocenters. The van der Waals surface area contributed by atoms with E-state index in [9.17, 15) is 14.3 Å². The lowest BCUT2D eigenvalue weighted by Crippen LogP contribution is -2.40. The number of fused-ring (bicyclic) bond motifs is 1. The van der Waals surface area contributed by atoms with Crippen LogP contribution in [0.1, 0.15) is 48.6 Å². The third-order valence-corrected chi connectivity index (χ3v) is 6.73. The molecule has 176 valence electrons. The smallest absolute Gasteiger partial charge is 0.247 e. The summed E-state index contributed by atoms with van der Waals surface area (Å²) in [6.07, 6.45) is 6.03. The number of halogens is 1. The summed E-state index contributed by atoms with van der Waals surface area (Å²) < 4.78 is 13.1. The van der Waals surface area contributed by atoms with Gasteiger partial charge in [0.05, 0.1) is 23.7 Å². The zero-order valence-electron chi connectivity index (χ0n) is 18.5. The van der Waals surface area contributed by atoms with Gasteiger partial charge in [0.15, 0.2) is 5.82 Å². The highest BCUT2D eigenvalue weighted by Gasteiger charge is 2.38. The van der Waals surface area contributed by atoms with Gasteiger partial charge in [-0.15, -0.1) is 0 Å². The van der Waals surface area contributed by atoms with Gasteiger partial charge in [-0.05, 0) is 50.7 Å². The van der Waals surface area contributed by atoms with E-state index in [-0.39, 0.29) is 17.9 Å². The first-order chi connectivity index (χ1) is 16.5. The number of aromatic nitrogens is 5. The van der Waals surface area contributed by atoms with Crippen molar-refractivity contribution in [3.63, 3.8) is 0 Å². The molecule has 0 spiro atoms. The van der Waals surface area contributed by atoms with Gasteiger partial charge in [-0.3, -0.25) is 9.89 Å². The molecule has 6 rings (SSSR count). The molecular weight excluding hydrogens is 439 g/mol. The molecule has 2 aliphatic carbocycles. The van der Waals surface area contributed by atoms with Crippen LogP contribution in [0.4, 0.5) is 27.7 Å². The van der Waals surface area contributed by atoms with Crippen molar-refractivity contribution in [3.8, 4) is 0 Å². The molecule has 1 amide bonds. The quantitative estimate of drug-likeness (QED) is 0.409. The maximum Gasteiger partial charge on any atom is 0.247 e. The van der Waals surface area contributed by atoms with Gasteiger partial charge in [0.1, 0.15) is 11.9 Å². The number of anilines is 4. The number of aryl methyl sites for hydroxylation is 1. The van der Waals surface area contributed by atoms with E-state index >= 15 is 0 Å². The van der Waals surface area contributed by atoms with Crippen LogP contribution in [0.2, 0.25) is 0 Å². The summed E-state index contributed by atoms with van der Waals surface area (Å²) in [6.45, 7) is 0.671. The van der Waals surface area contributed by atoms with E-state index in [1.807, 2.05) is 11.0 Å². The summed E-state index contributed by atoms with van der Waals surface area (Å²) in [7, 11) is 0. The Balaban J connectivity index is 1.24. The molecule has 3 aliphatic rings. The Labute approximate surface area is 195 Å². The van der Waals surface area contributed by atoms with E-state index in [1.54, 1.807) is 0 Å². The van der Waals surface area contributed by atoms with Crippen LogP contribution in [0.3, 0.4) is 0 Å². The zero-order chi connectivity index (χ0) is 23.2. The highest BCUT2D eigenvalue weighted by atomic mass is 19.1. The minimum absolute atomic E-state index is 0.120. The molecule has 4 N–H and O–H groups in total. The summed E-state index contributed by atoms with van der Waals surface area (Å²) in [5, 5.41) is 23.2. The number of carbonyl (C=O) groups is 1. The number of hydrogen-bond donors (Lipinski definition) is 4. The molecule has 0 bridgehead atoms. The number of carbonyl (C=O) groups excluding carboxylic acids is 1. The Kier molecular flexibility index (Phi) is 5.13. The Bertz CT molecular complexity index is 1230. The van der Waals surface area contributed by atoms with Gasteiger partial charge in [0, 0.05) is 29.8 Å². The molecule has 11 heteroatoms. The first kappa shape index (κ1) is 21.0. The highest BCUT2D eigenvalue weighted by molar-refractivity contribution is 5.96. The lowest BCUT2D eigenvalue weighted by molar-refractivity contribution is -0.117. The molecule has 1 saturated carbocycles. The highest BCUT2D eigenvalue weighted by Crippen LogP contribution is 2.40. The van der Waals surface area contributed by atoms with E-state index < -0.39 is 12.0 Å². The monoisotopic (exact) mass is 464 g/mol. The first-order valence-corrected chi connectivity index (χ1v) is 11.6. The third kappa shape index (κ3) is 3.96. The van der Waals surface area contributed by atoms with Crippen molar-refractivity contribution < 1.29 is 14.3 Å². The molecule has 2 fully saturated rings. The van der Waals surface area contributed by atoms with Crippen molar-refractivity contribution in [2.75, 3.05) is 22.1 Å². The van der Waals surface area contributed by atoms with Crippen LogP contribution in [0, 0.1) is 5.95 Å². The average molecular weight is 465 g/mol. The lowest BCUT2D eigenvalue weighted by Gasteiger charge is -2.25. The fraction of sp³-hybridized carbons (Fsp3) is 0.435. The van der Waals surface area contributed by atoms with Crippen molar-refractivity contribution >= 4 is 29.2 Å². The Hall–Kier alpha value is -3.60. The van der Waals surface area contributed by atoms with Crippen molar-refractivity contribution in [2.24, 2.45) is 0 Å². The topological polar surface area (TPSA) is 132 Å². The van der Waals surface area contributed by atoms with Gasteiger partial charge < -0.3 is 20.6 Å². The van der Waals surface area contributed by atoms with Crippen molar-refractivity contribution in [3.05, 3.63) is 47.3 Å². The number of hydrogen-bond acceptors (Lipinski definition) is 8.